The number of hydrogen-bond donors (Lipinski definition) is 1. The number of carbonyl (C=O) groups is 1. The molecule has 2 rings (SSSR count). The number of anilines is 1. The van der Waals surface area contributed by atoms with E-state index in [1.165, 1.54) is 0 Å². The smallest absolute Gasteiger partial charge is 0.224 e. The predicted molar refractivity (Wildman–Crippen MR) is 70.7 cm³/mol. The Labute approximate surface area is 112 Å². The Balaban J connectivity index is 2.00. The van der Waals surface area contributed by atoms with Crippen molar-refractivity contribution < 1.29 is 4.79 Å². The molecule has 0 bridgehead atoms. The molecule has 5 nitrogen and oxygen atoms in total. The Hall–Kier alpha value is -1.36. The van der Waals surface area contributed by atoms with Gasteiger partial charge in [-0.05, 0) is 37.4 Å². The minimum Gasteiger partial charge on any atom is -0.356 e. The van der Waals surface area contributed by atoms with Gasteiger partial charge in [0.05, 0.1) is 0 Å². The Morgan fingerprint density at radius 3 is 2.72 bits per heavy atom. The number of carbonyl (C=O) groups excluding carboxylic acids is 1. The van der Waals surface area contributed by atoms with Gasteiger partial charge >= 0.3 is 0 Å². The monoisotopic (exact) mass is 268 g/mol. The van der Waals surface area contributed by atoms with Crippen molar-refractivity contribution in [3.63, 3.8) is 0 Å². The van der Waals surface area contributed by atoms with Crippen molar-refractivity contribution in [2.75, 3.05) is 18.0 Å². The molecule has 1 N–H and O–H groups in total. The first kappa shape index (κ1) is 13.1. The largest absolute Gasteiger partial charge is 0.356 e. The molecule has 18 heavy (non-hydrogen) atoms. The summed E-state index contributed by atoms with van der Waals surface area (Å²) >= 11 is 5.78. The number of nitrogens with one attached hydrogen (secondary N) is 1. The number of aromatic nitrogens is 2. The Morgan fingerprint density at radius 2 is 2.17 bits per heavy atom. The maximum Gasteiger partial charge on any atom is 0.224 e. The Morgan fingerprint density at radius 1 is 1.50 bits per heavy atom. The summed E-state index contributed by atoms with van der Waals surface area (Å²) in [6, 6.07) is 1.85. The summed E-state index contributed by atoms with van der Waals surface area (Å²) in [6.07, 6.45) is 3.45. The van der Waals surface area contributed by atoms with Gasteiger partial charge in [-0.25, -0.2) is 9.97 Å². The van der Waals surface area contributed by atoms with Crippen molar-refractivity contribution in [1.82, 2.24) is 15.3 Å². The van der Waals surface area contributed by atoms with Crippen LogP contribution in [0.25, 0.3) is 0 Å². The average molecular weight is 269 g/mol. The fraction of sp³-hybridized carbons (Fsp3) is 0.583. The molecule has 1 saturated heterocycles. The molecule has 0 aromatic carbocycles. The van der Waals surface area contributed by atoms with Crippen LogP contribution in [0.5, 0.6) is 0 Å². The normalized spacial score (nSPS) is 18.5. The van der Waals surface area contributed by atoms with E-state index in [-0.39, 0.29) is 16.7 Å². The second-order valence-electron chi connectivity index (χ2n) is 4.91. The Kier molecular flexibility index (Phi) is 3.71. The van der Waals surface area contributed by atoms with Crippen LogP contribution in [0.2, 0.25) is 5.28 Å². The molecule has 1 aliphatic rings. The summed E-state index contributed by atoms with van der Waals surface area (Å²) in [5.41, 5.74) is -0.112. The topological polar surface area (TPSA) is 58.1 Å². The first-order valence-electron chi connectivity index (χ1n) is 6.01. The van der Waals surface area contributed by atoms with E-state index in [0.29, 0.717) is 0 Å². The van der Waals surface area contributed by atoms with Crippen LogP contribution in [0.1, 0.15) is 26.7 Å². The summed E-state index contributed by atoms with van der Waals surface area (Å²) in [6.45, 7) is 5.34. The molecular formula is C12H17ClN4O. The lowest BCUT2D eigenvalue weighted by molar-refractivity contribution is -0.120. The molecule has 1 amide bonds. The molecule has 0 atom stereocenters. The van der Waals surface area contributed by atoms with Crippen molar-refractivity contribution in [2.24, 2.45) is 0 Å². The van der Waals surface area contributed by atoms with E-state index < -0.39 is 0 Å². The molecule has 2 heterocycles. The highest BCUT2D eigenvalue weighted by molar-refractivity contribution is 6.28. The van der Waals surface area contributed by atoms with Gasteiger partial charge in [-0.2, -0.15) is 0 Å². The highest BCUT2D eigenvalue weighted by atomic mass is 35.5. The molecule has 1 fully saturated rings. The molecular weight excluding hydrogens is 252 g/mol. The lowest BCUT2D eigenvalue weighted by Crippen LogP contribution is -2.53. The van der Waals surface area contributed by atoms with Gasteiger partial charge in [0.2, 0.25) is 11.2 Å². The lowest BCUT2D eigenvalue weighted by Gasteiger charge is -2.40. The van der Waals surface area contributed by atoms with Crippen molar-refractivity contribution in [1.29, 1.82) is 0 Å². The van der Waals surface area contributed by atoms with E-state index >= 15 is 0 Å². The van der Waals surface area contributed by atoms with Crippen LogP contribution >= 0.6 is 11.6 Å². The summed E-state index contributed by atoms with van der Waals surface area (Å²) < 4.78 is 0. The van der Waals surface area contributed by atoms with Crippen molar-refractivity contribution in [2.45, 2.75) is 32.2 Å². The molecule has 1 aromatic heterocycles. The van der Waals surface area contributed by atoms with Gasteiger partial charge in [-0.1, -0.05) is 0 Å². The molecule has 0 saturated carbocycles. The lowest BCUT2D eigenvalue weighted by atomic mass is 9.89. The van der Waals surface area contributed by atoms with Crippen LogP contribution in [0.3, 0.4) is 0 Å². The SMILES string of the molecule is CC(=O)NC1(C)CCN(c2ccnc(Cl)n2)CC1. The predicted octanol–water partition coefficient (Wildman–Crippen LogP) is 1.63. The Bertz CT molecular complexity index is 443. The standard InChI is InChI=1S/C12H17ClN4O/c1-9(18)16-12(2)4-7-17(8-5-12)10-3-6-14-11(13)15-10/h3,6H,4-5,7-8H2,1-2H3,(H,16,18). The van der Waals surface area contributed by atoms with Crippen LogP contribution in [0, 0.1) is 0 Å². The van der Waals surface area contributed by atoms with Crippen LogP contribution in [0.4, 0.5) is 5.82 Å². The number of piperidine rings is 1. The van der Waals surface area contributed by atoms with Crippen LogP contribution in [0.15, 0.2) is 12.3 Å². The van der Waals surface area contributed by atoms with E-state index in [1.54, 1.807) is 13.1 Å². The fourth-order valence-electron chi connectivity index (χ4n) is 2.28. The van der Waals surface area contributed by atoms with Gasteiger partial charge in [-0.3, -0.25) is 4.79 Å². The number of halogens is 1. The van der Waals surface area contributed by atoms with E-state index in [4.69, 9.17) is 11.6 Å². The van der Waals surface area contributed by atoms with Gasteiger partial charge in [0.15, 0.2) is 0 Å². The third-order valence-corrected chi connectivity index (χ3v) is 3.46. The van der Waals surface area contributed by atoms with E-state index in [9.17, 15) is 4.79 Å². The van der Waals surface area contributed by atoms with Crippen LogP contribution in [-0.4, -0.2) is 34.5 Å². The van der Waals surface area contributed by atoms with Gasteiger partial charge in [-0.15, -0.1) is 0 Å². The van der Waals surface area contributed by atoms with Crippen molar-refractivity contribution >= 4 is 23.3 Å². The zero-order valence-corrected chi connectivity index (χ0v) is 11.4. The van der Waals surface area contributed by atoms with E-state index in [0.717, 1.165) is 31.7 Å². The molecule has 0 radical (unpaired) electrons. The average Bonchev–Trinajstić information content (AvgIpc) is 2.28. The molecule has 98 valence electrons. The maximum absolute atomic E-state index is 11.2. The molecule has 1 aromatic rings. The summed E-state index contributed by atoms with van der Waals surface area (Å²) in [5, 5.41) is 3.28. The fourth-order valence-corrected chi connectivity index (χ4v) is 2.42. The highest BCUT2D eigenvalue weighted by Gasteiger charge is 2.31. The zero-order valence-electron chi connectivity index (χ0n) is 10.6. The van der Waals surface area contributed by atoms with Crippen molar-refractivity contribution in [3.05, 3.63) is 17.5 Å². The number of amides is 1. The quantitative estimate of drug-likeness (QED) is 0.829. The molecule has 0 unspecified atom stereocenters. The second kappa shape index (κ2) is 5.10. The van der Waals surface area contributed by atoms with Gasteiger partial charge in [0.1, 0.15) is 5.82 Å². The minimum absolute atomic E-state index is 0.0241. The minimum atomic E-state index is -0.112. The van der Waals surface area contributed by atoms with Gasteiger partial charge in [0.25, 0.3) is 0 Å². The summed E-state index contributed by atoms with van der Waals surface area (Å²) in [5.74, 6) is 0.871. The number of rotatable bonds is 2. The maximum atomic E-state index is 11.2. The summed E-state index contributed by atoms with van der Waals surface area (Å²) in [4.78, 5) is 21.4. The number of nitrogens with zero attached hydrogens (tertiary/aromatic N) is 3. The molecule has 6 heteroatoms. The highest BCUT2D eigenvalue weighted by Crippen LogP contribution is 2.25. The van der Waals surface area contributed by atoms with Gasteiger partial charge in [0, 0.05) is 31.7 Å². The van der Waals surface area contributed by atoms with Crippen LogP contribution < -0.4 is 10.2 Å². The molecule has 0 spiro atoms. The third-order valence-electron chi connectivity index (χ3n) is 3.28. The van der Waals surface area contributed by atoms with Crippen molar-refractivity contribution in [3.8, 4) is 0 Å². The first-order chi connectivity index (χ1) is 8.48. The van der Waals surface area contributed by atoms with Gasteiger partial charge < -0.3 is 10.2 Å². The first-order valence-corrected chi connectivity index (χ1v) is 6.39. The number of hydrogen-bond acceptors (Lipinski definition) is 4. The van der Waals surface area contributed by atoms with E-state index in [2.05, 4.69) is 27.1 Å². The second-order valence-corrected chi connectivity index (χ2v) is 5.25. The third kappa shape index (κ3) is 3.10. The summed E-state index contributed by atoms with van der Waals surface area (Å²) in [7, 11) is 0. The molecule has 1 aliphatic heterocycles. The van der Waals surface area contributed by atoms with E-state index in [1.807, 2.05) is 6.07 Å². The van der Waals surface area contributed by atoms with Crippen LogP contribution in [-0.2, 0) is 4.79 Å². The molecule has 0 aliphatic carbocycles. The zero-order chi connectivity index (χ0) is 13.2.